The SMILES string of the molecule is O=C(O)c1ncc2c(n1)CCN(C(=O)OCc1ccccc1)C2. The first-order valence-electron chi connectivity index (χ1n) is 7.17. The molecule has 1 aromatic heterocycles. The average Bonchev–Trinajstić information content (AvgIpc) is 2.59. The number of ether oxygens (including phenoxy) is 1. The number of hydrogen-bond donors (Lipinski definition) is 1. The lowest BCUT2D eigenvalue weighted by Crippen LogP contribution is -2.37. The third kappa shape index (κ3) is 3.45. The molecule has 1 N–H and O–H groups in total. The number of carbonyl (C=O) groups excluding carboxylic acids is 1. The van der Waals surface area contributed by atoms with E-state index in [0.29, 0.717) is 25.2 Å². The Morgan fingerprint density at radius 2 is 2.04 bits per heavy atom. The molecular formula is C16H15N3O4. The van der Waals surface area contributed by atoms with Crippen LogP contribution in [0.3, 0.4) is 0 Å². The van der Waals surface area contributed by atoms with E-state index in [4.69, 9.17) is 9.84 Å². The fourth-order valence-electron chi connectivity index (χ4n) is 2.39. The quantitative estimate of drug-likeness (QED) is 0.930. The lowest BCUT2D eigenvalue weighted by molar-refractivity contribution is 0.0681. The summed E-state index contributed by atoms with van der Waals surface area (Å²) in [6, 6.07) is 9.45. The topological polar surface area (TPSA) is 92.6 Å². The first-order valence-corrected chi connectivity index (χ1v) is 7.17. The third-order valence-corrected chi connectivity index (χ3v) is 3.59. The molecule has 0 bridgehead atoms. The summed E-state index contributed by atoms with van der Waals surface area (Å²) in [5.74, 6) is -1.37. The number of rotatable bonds is 3. The molecule has 118 valence electrons. The molecule has 7 nitrogen and oxygen atoms in total. The number of carboxylic acids is 1. The molecule has 7 heteroatoms. The van der Waals surface area contributed by atoms with Gasteiger partial charge in [0.15, 0.2) is 0 Å². The van der Waals surface area contributed by atoms with Gasteiger partial charge in [0.25, 0.3) is 0 Å². The maximum absolute atomic E-state index is 12.1. The van der Waals surface area contributed by atoms with Crippen molar-refractivity contribution in [3.8, 4) is 0 Å². The number of nitrogens with zero attached hydrogens (tertiary/aromatic N) is 3. The van der Waals surface area contributed by atoms with Crippen LogP contribution in [-0.4, -0.2) is 38.6 Å². The van der Waals surface area contributed by atoms with Gasteiger partial charge in [-0.2, -0.15) is 0 Å². The van der Waals surface area contributed by atoms with Gasteiger partial charge in [0.2, 0.25) is 5.82 Å². The van der Waals surface area contributed by atoms with Crippen LogP contribution in [-0.2, 0) is 24.3 Å². The van der Waals surface area contributed by atoms with Crippen molar-refractivity contribution in [2.75, 3.05) is 6.54 Å². The van der Waals surface area contributed by atoms with Crippen molar-refractivity contribution in [1.82, 2.24) is 14.9 Å². The Labute approximate surface area is 132 Å². The average molecular weight is 313 g/mol. The Morgan fingerprint density at radius 1 is 1.26 bits per heavy atom. The first-order chi connectivity index (χ1) is 11.1. The molecule has 0 aliphatic carbocycles. The molecule has 0 unspecified atom stereocenters. The molecule has 0 saturated heterocycles. The van der Waals surface area contributed by atoms with Crippen LogP contribution in [0.5, 0.6) is 0 Å². The lowest BCUT2D eigenvalue weighted by atomic mass is 10.1. The van der Waals surface area contributed by atoms with Crippen LogP contribution in [0.25, 0.3) is 0 Å². The van der Waals surface area contributed by atoms with Crippen LogP contribution in [0.1, 0.15) is 27.4 Å². The van der Waals surface area contributed by atoms with Crippen LogP contribution in [0.15, 0.2) is 36.5 Å². The first kappa shape index (κ1) is 15.0. The van der Waals surface area contributed by atoms with Crippen LogP contribution in [0.4, 0.5) is 4.79 Å². The highest BCUT2D eigenvalue weighted by atomic mass is 16.6. The molecule has 0 spiro atoms. The van der Waals surface area contributed by atoms with Gasteiger partial charge in [-0.15, -0.1) is 0 Å². The largest absolute Gasteiger partial charge is 0.475 e. The van der Waals surface area contributed by atoms with Crippen molar-refractivity contribution in [2.45, 2.75) is 19.6 Å². The summed E-state index contributed by atoms with van der Waals surface area (Å²) in [6.07, 6.45) is 1.54. The van der Waals surface area contributed by atoms with E-state index in [9.17, 15) is 9.59 Å². The molecule has 2 heterocycles. The van der Waals surface area contributed by atoms with E-state index in [2.05, 4.69) is 9.97 Å². The maximum Gasteiger partial charge on any atom is 0.410 e. The number of aromatic carboxylic acids is 1. The van der Waals surface area contributed by atoms with Crippen molar-refractivity contribution < 1.29 is 19.4 Å². The van der Waals surface area contributed by atoms with Gasteiger partial charge in [-0.3, -0.25) is 0 Å². The number of carboxylic acid groups (broad SMARTS) is 1. The summed E-state index contributed by atoms with van der Waals surface area (Å²) < 4.78 is 5.30. The molecule has 3 rings (SSSR count). The van der Waals surface area contributed by atoms with E-state index in [1.165, 1.54) is 6.20 Å². The number of benzene rings is 1. The standard InChI is InChI=1S/C16H15N3O4/c20-15(21)14-17-8-12-9-19(7-6-13(12)18-14)16(22)23-10-11-4-2-1-3-5-11/h1-5,8H,6-7,9-10H2,(H,20,21). The fraction of sp³-hybridized carbons (Fsp3) is 0.250. The van der Waals surface area contributed by atoms with Gasteiger partial charge in [-0.25, -0.2) is 19.6 Å². The number of amides is 1. The lowest BCUT2D eigenvalue weighted by Gasteiger charge is -2.27. The van der Waals surface area contributed by atoms with Crippen molar-refractivity contribution in [3.05, 3.63) is 59.2 Å². The van der Waals surface area contributed by atoms with E-state index >= 15 is 0 Å². The molecule has 1 aliphatic rings. The second-order valence-electron chi connectivity index (χ2n) is 5.18. The summed E-state index contributed by atoms with van der Waals surface area (Å²) >= 11 is 0. The van der Waals surface area contributed by atoms with E-state index in [-0.39, 0.29) is 12.4 Å². The summed E-state index contributed by atoms with van der Waals surface area (Å²) in [5, 5.41) is 8.90. The molecular weight excluding hydrogens is 298 g/mol. The molecule has 1 amide bonds. The summed E-state index contributed by atoms with van der Waals surface area (Å²) in [5.41, 5.74) is 2.34. The minimum absolute atomic E-state index is 0.219. The molecule has 23 heavy (non-hydrogen) atoms. The Kier molecular flexibility index (Phi) is 4.18. The van der Waals surface area contributed by atoms with Crippen molar-refractivity contribution in [1.29, 1.82) is 0 Å². The van der Waals surface area contributed by atoms with Gasteiger partial charge in [-0.05, 0) is 5.56 Å². The van der Waals surface area contributed by atoms with Crippen LogP contribution >= 0.6 is 0 Å². The summed E-state index contributed by atoms with van der Waals surface area (Å²) in [6.45, 7) is 0.983. The maximum atomic E-state index is 12.1. The van der Waals surface area contributed by atoms with Crippen molar-refractivity contribution >= 4 is 12.1 Å². The number of hydrogen-bond acceptors (Lipinski definition) is 5. The van der Waals surface area contributed by atoms with Crippen LogP contribution < -0.4 is 0 Å². The normalized spacial score (nSPS) is 13.3. The van der Waals surface area contributed by atoms with Gasteiger partial charge in [0.05, 0.1) is 12.2 Å². The molecule has 0 radical (unpaired) electrons. The van der Waals surface area contributed by atoms with Gasteiger partial charge < -0.3 is 14.7 Å². The van der Waals surface area contributed by atoms with E-state index in [1.54, 1.807) is 4.90 Å². The Balaban J connectivity index is 1.62. The summed E-state index contributed by atoms with van der Waals surface area (Å²) in [4.78, 5) is 32.4. The highest BCUT2D eigenvalue weighted by Gasteiger charge is 2.24. The minimum Gasteiger partial charge on any atom is -0.475 e. The van der Waals surface area contributed by atoms with E-state index in [1.807, 2.05) is 30.3 Å². The molecule has 1 aliphatic heterocycles. The molecule has 0 saturated carbocycles. The second-order valence-corrected chi connectivity index (χ2v) is 5.18. The molecule has 2 aromatic rings. The number of carbonyl (C=O) groups is 2. The van der Waals surface area contributed by atoms with Crippen molar-refractivity contribution in [3.63, 3.8) is 0 Å². The zero-order valence-electron chi connectivity index (χ0n) is 12.3. The number of aromatic nitrogens is 2. The second kappa shape index (κ2) is 6.43. The Hall–Kier alpha value is -2.96. The fourth-order valence-corrected chi connectivity index (χ4v) is 2.39. The molecule has 0 atom stereocenters. The zero-order valence-corrected chi connectivity index (χ0v) is 12.3. The van der Waals surface area contributed by atoms with Crippen LogP contribution in [0.2, 0.25) is 0 Å². The minimum atomic E-state index is -1.16. The van der Waals surface area contributed by atoms with Gasteiger partial charge in [-0.1, -0.05) is 30.3 Å². The molecule has 1 aromatic carbocycles. The molecule has 0 fully saturated rings. The Bertz CT molecular complexity index is 733. The van der Waals surface area contributed by atoms with Crippen molar-refractivity contribution in [2.24, 2.45) is 0 Å². The third-order valence-electron chi connectivity index (χ3n) is 3.59. The van der Waals surface area contributed by atoms with E-state index in [0.717, 1.165) is 11.1 Å². The highest BCUT2D eigenvalue weighted by Crippen LogP contribution is 2.17. The monoisotopic (exact) mass is 313 g/mol. The number of fused-ring (bicyclic) bond motifs is 1. The summed E-state index contributed by atoms with van der Waals surface area (Å²) in [7, 11) is 0. The van der Waals surface area contributed by atoms with E-state index < -0.39 is 12.1 Å². The zero-order chi connectivity index (χ0) is 16.2. The smallest absolute Gasteiger partial charge is 0.410 e. The highest BCUT2D eigenvalue weighted by molar-refractivity contribution is 5.83. The predicted octanol–water partition coefficient (Wildman–Crippen LogP) is 1.87. The Morgan fingerprint density at radius 3 is 2.78 bits per heavy atom. The predicted molar refractivity (Wildman–Crippen MR) is 79.7 cm³/mol. The van der Waals surface area contributed by atoms with Gasteiger partial charge in [0.1, 0.15) is 6.61 Å². The van der Waals surface area contributed by atoms with Gasteiger partial charge >= 0.3 is 12.1 Å². The van der Waals surface area contributed by atoms with Crippen LogP contribution in [0, 0.1) is 0 Å². The van der Waals surface area contributed by atoms with Gasteiger partial charge in [0, 0.05) is 24.7 Å².